The van der Waals surface area contributed by atoms with Crippen molar-refractivity contribution in [2.45, 2.75) is 103 Å². The van der Waals surface area contributed by atoms with E-state index in [0.717, 1.165) is 6.42 Å². The van der Waals surface area contributed by atoms with Crippen molar-refractivity contribution < 1.29 is 13.6 Å². The molecule has 0 bridgehead atoms. The Morgan fingerprint density at radius 2 is 1.43 bits per heavy atom. The van der Waals surface area contributed by atoms with Gasteiger partial charge in [-0.3, -0.25) is 0 Å². The zero-order valence-electron chi connectivity index (χ0n) is 16.9. The van der Waals surface area contributed by atoms with Gasteiger partial charge >= 0.3 is 0 Å². The van der Waals surface area contributed by atoms with Crippen molar-refractivity contribution in [1.82, 2.24) is 0 Å². The Bertz CT molecular complexity index is 400. The standard InChI is InChI=1S/C17H39NO3Si2/c1-16(2,3)22(7,8)19-12-14-13(11-15(18)20-14)21-23(9,10)17(4,5)6/h13-15H,11-12,18H2,1-10H3/t13-,14+,15+/m0/s1. The number of nitrogens with two attached hydrogens (primary N) is 1. The fourth-order valence-electron chi connectivity index (χ4n) is 2.08. The van der Waals surface area contributed by atoms with Gasteiger partial charge in [-0.05, 0) is 36.3 Å². The van der Waals surface area contributed by atoms with Crippen LogP contribution in [0.4, 0.5) is 0 Å². The van der Waals surface area contributed by atoms with Crippen LogP contribution in [0.1, 0.15) is 48.0 Å². The summed E-state index contributed by atoms with van der Waals surface area (Å²) < 4.78 is 18.8. The predicted molar refractivity (Wildman–Crippen MR) is 103 cm³/mol. The van der Waals surface area contributed by atoms with E-state index in [1.54, 1.807) is 0 Å². The van der Waals surface area contributed by atoms with Crippen LogP contribution in [0.25, 0.3) is 0 Å². The molecule has 1 heterocycles. The van der Waals surface area contributed by atoms with E-state index in [-0.39, 0.29) is 28.5 Å². The number of hydrogen-bond donors (Lipinski definition) is 1. The molecule has 1 aliphatic rings. The largest absolute Gasteiger partial charge is 0.414 e. The van der Waals surface area contributed by atoms with Gasteiger partial charge in [-0.2, -0.15) is 0 Å². The van der Waals surface area contributed by atoms with Crippen molar-refractivity contribution in [3.63, 3.8) is 0 Å². The maximum Gasteiger partial charge on any atom is 0.192 e. The van der Waals surface area contributed by atoms with E-state index in [4.69, 9.17) is 19.3 Å². The van der Waals surface area contributed by atoms with E-state index in [1.807, 2.05) is 0 Å². The lowest BCUT2D eigenvalue weighted by Crippen LogP contribution is -2.48. The van der Waals surface area contributed by atoms with Gasteiger partial charge in [-0.25, -0.2) is 0 Å². The predicted octanol–water partition coefficient (Wildman–Crippen LogP) is 4.47. The summed E-state index contributed by atoms with van der Waals surface area (Å²) in [6, 6.07) is 0. The summed E-state index contributed by atoms with van der Waals surface area (Å²) in [5, 5.41) is 0.383. The Morgan fingerprint density at radius 1 is 0.957 bits per heavy atom. The minimum absolute atomic E-state index is 0.0479. The average Bonchev–Trinajstić information content (AvgIpc) is 2.63. The Morgan fingerprint density at radius 3 is 1.87 bits per heavy atom. The molecule has 0 saturated carbocycles. The molecule has 1 aliphatic heterocycles. The maximum absolute atomic E-state index is 6.57. The van der Waals surface area contributed by atoms with Crippen molar-refractivity contribution >= 4 is 16.6 Å². The quantitative estimate of drug-likeness (QED) is 0.734. The first-order valence-corrected chi connectivity index (χ1v) is 14.6. The summed E-state index contributed by atoms with van der Waals surface area (Å²) in [7, 11) is -3.62. The van der Waals surface area contributed by atoms with Crippen LogP contribution in [0.15, 0.2) is 0 Å². The Balaban J connectivity index is 2.74. The molecule has 0 amide bonds. The first kappa shape index (κ1) is 21.3. The van der Waals surface area contributed by atoms with Crippen molar-refractivity contribution in [1.29, 1.82) is 0 Å². The van der Waals surface area contributed by atoms with Crippen molar-refractivity contribution in [2.24, 2.45) is 5.73 Å². The van der Waals surface area contributed by atoms with Crippen molar-refractivity contribution in [3.8, 4) is 0 Å². The minimum atomic E-state index is -1.83. The van der Waals surface area contributed by atoms with Crippen LogP contribution in [-0.2, 0) is 13.6 Å². The Labute approximate surface area is 145 Å². The van der Waals surface area contributed by atoms with Crippen LogP contribution in [0.2, 0.25) is 36.3 Å². The molecule has 0 aromatic rings. The van der Waals surface area contributed by atoms with Gasteiger partial charge in [0.15, 0.2) is 16.6 Å². The van der Waals surface area contributed by atoms with Crippen LogP contribution in [0.5, 0.6) is 0 Å². The second-order valence-electron chi connectivity index (χ2n) is 9.94. The van der Waals surface area contributed by atoms with Gasteiger partial charge in [-0.1, -0.05) is 41.5 Å². The molecule has 0 aromatic heterocycles. The maximum atomic E-state index is 6.57. The molecule has 0 radical (unpaired) electrons. The van der Waals surface area contributed by atoms with E-state index in [1.165, 1.54) is 0 Å². The lowest BCUT2D eigenvalue weighted by molar-refractivity contribution is -0.0138. The zero-order valence-corrected chi connectivity index (χ0v) is 18.9. The molecule has 23 heavy (non-hydrogen) atoms. The van der Waals surface area contributed by atoms with Crippen LogP contribution in [-0.4, -0.2) is 41.7 Å². The summed E-state index contributed by atoms with van der Waals surface area (Å²) in [6.45, 7) is 23.2. The third-order valence-electron chi connectivity index (χ3n) is 5.90. The molecular formula is C17H39NO3Si2. The first-order chi connectivity index (χ1) is 10.1. The first-order valence-electron chi connectivity index (χ1n) is 8.80. The molecule has 4 nitrogen and oxygen atoms in total. The molecule has 2 N–H and O–H groups in total. The van der Waals surface area contributed by atoms with Crippen LogP contribution in [0, 0.1) is 0 Å². The summed E-state index contributed by atoms with van der Waals surface area (Å²) in [5.41, 5.74) is 6.04. The van der Waals surface area contributed by atoms with Gasteiger partial charge in [0.05, 0.1) is 12.7 Å². The summed E-state index contributed by atoms with van der Waals surface area (Å²) in [5.74, 6) is 0. The average molecular weight is 362 g/mol. The molecule has 6 heteroatoms. The normalized spacial score (nSPS) is 27.5. The van der Waals surface area contributed by atoms with Gasteiger partial charge in [0, 0.05) is 6.42 Å². The third-order valence-corrected chi connectivity index (χ3v) is 14.9. The van der Waals surface area contributed by atoms with Crippen LogP contribution in [0.3, 0.4) is 0 Å². The molecular weight excluding hydrogens is 322 g/mol. The third kappa shape index (κ3) is 5.37. The van der Waals surface area contributed by atoms with E-state index < -0.39 is 16.6 Å². The van der Waals surface area contributed by atoms with E-state index >= 15 is 0 Å². The monoisotopic (exact) mass is 361 g/mol. The highest BCUT2D eigenvalue weighted by atomic mass is 28.4. The summed E-state index contributed by atoms with van der Waals surface area (Å²) >= 11 is 0. The molecule has 0 aromatic carbocycles. The number of hydrogen-bond acceptors (Lipinski definition) is 4. The summed E-state index contributed by atoms with van der Waals surface area (Å²) in [4.78, 5) is 0. The highest BCUT2D eigenvalue weighted by Gasteiger charge is 2.45. The molecule has 0 unspecified atom stereocenters. The number of rotatable bonds is 5. The van der Waals surface area contributed by atoms with Gasteiger partial charge < -0.3 is 19.3 Å². The molecule has 138 valence electrons. The van der Waals surface area contributed by atoms with Gasteiger partial charge in [0.1, 0.15) is 12.3 Å². The highest BCUT2D eigenvalue weighted by Crippen LogP contribution is 2.40. The lowest BCUT2D eigenvalue weighted by Gasteiger charge is -2.40. The van der Waals surface area contributed by atoms with Gasteiger partial charge in [0.25, 0.3) is 0 Å². The van der Waals surface area contributed by atoms with E-state index in [2.05, 4.69) is 67.7 Å². The van der Waals surface area contributed by atoms with Crippen molar-refractivity contribution in [3.05, 3.63) is 0 Å². The molecule has 1 saturated heterocycles. The van der Waals surface area contributed by atoms with Gasteiger partial charge in [0.2, 0.25) is 0 Å². The summed E-state index contributed by atoms with van der Waals surface area (Å²) in [6.07, 6.45) is 0.527. The highest BCUT2D eigenvalue weighted by molar-refractivity contribution is 6.74. The van der Waals surface area contributed by atoms with Crippen LogP contribution < -0.4 is 5.73 Å². The lowest BCUT2D eigenvalue weighted by atomic mass is 10.2. The fourth-order valence-corrected chi connectivity index (χ4v) is 4.45. The second-order valence-corrected chi connectivity index (χ2v) is 19.5. The smallest absolute Gasteiger partial charge is 0.192 e. The molecule has 3 atom stereocenters. The Kier molecular flexibility index (Phi) is 6.38. The van der Waals surface area contributed by atoms with Crippen molar-refractivity contribution in [2.75, 3.05) is 6.61 Å². The second kappa shape index (κ2) is 6.88. The van der Waals surface area contributed by atoms with E-state index in [9.17, 15) is 0 Å². The van der Waals surface area contributed by atoms with Gasteiger partial charge in [-0.15, -0.1) is 0 Å². The topological polar surface area (TPSA) is 53.7 Å². The molecule has 0 aliphatic carbocycles. The molecule has 1 rings (SSSR count). The molecule has 0 spiro atoms. The number of ether oxygens (including phenoxy) is 1. The van der Waals surface area contributed by atoms with E-state index in [0.29, 0.717) is 6.61 Å². The Hall–Kier alpha value is 0.274. The SMILES string of the molecule is CC(C)(C)[Si](C)(C)OC[C@H]1O[C@@H](N)C[C@@H]1O[Si](C)(C)C(C)(C)C. The van der Waals surface area contributed by atoms with Crippen LogP contribution >= 0.6 is 0 Å². The fraction of sp³-hybridized carbons (Fsp3) is 1.00. The molecule has 1 fully saturated rings. The zero-order chi connectivity index (χ0) is 18.3. The minimum Gasteiger partial charge on any atom is -0.414 e.